The molecule has 1 fully saturated rings. The Bertz CT molecular complexity index is 923. The van der Waals surface area contributed by atoms with E-state index >= 15 is 0 Å². The van der Waals surface area contributed by atoms with Crippen molar-refractivity contribution >= 4 is 18.0 Å². The van der Waals surface area contributed by atoms with Crippen LogP contribution in [-0.4, -0.2) is 40.9 Å². The molecule has 0 radical (unpaired) electrons. The quantitative estimate of drug-likeness (QED) is 0.655. The zero-order valence-corrected chi connectivity index (χ0v) is 16.4. The highest BCUT2D eigenvalue weighted by molar-refractivity contribution is 7.71. The molecule has 0 bridgehead atoms. The first-order chi connectivity index (χ1) is 13.2. The number of quaternary nitrogens is 1. The zero-order valence-electron chi connectivity index (χ0n) is 15.6. The summed E-state index contributed by atoms with van der Waals surface area (Å²) in [5.74, 6) is 2.03. The average molecular weight is 383 g/mol. The van der Waals surface area contributed by atoms with Crippen LogP contribution >= 0.6 is 12.2 Å². The lowest BCUT2D eigenvalue weighted by Crippen LogP contribution is -3.14. The minimum Gasteiger partial charge on any atom is -0.310 e. The molecule has 0 aliphatic carbocycles. The fourth-order valence-corrected chi connectivity index (χ4v) is 3.72. The molecule has 3 aromatic rings. The number of pyridine rings is 1. The van der Waals surface area contributed by atoms with Gasteiger partial charge in [-0.25, -0.2) is 9.67 Å². The second kappa shape index (κ2) is 8.02. The lowest BCUT2D eigenvalue weighted by atomic mass is 10.1. The van der Waals surface area contributed by atoms with Crippen molar-refractivity contribution in [1.29, 1.82) is 0 Å². The molecule has 0 amide bonds. The largest absolute Gasteiger partial charge is 0.310 e. The predicted molar refractivity (Wildman–Crippen MR) is 108 cm³/mol. The molecule has 0 atom stereocenters. The van der Waals surface area contributed by atoms with E-state index in [-0.39, 0.29) is 0 Å². The molecule has 0 saturated carbocycles. The highest BCUT2D eigenvalue weighted by atomic mass is 32.1. The van der Waals surface area contributed by atoms with Gasteiger partial charge in [0, 0.05) is 11.6 Å². The number of aromatic nitrogens is 4. The molecule has 1 saturated heterocycles. The number of hydrogen-bond donors (Lipinski definition) is 2. The Balaban J connectivity index is 1.40. The summed E-state index contributed by atoms with van der Waals surface area (Å²) in [4.78, 5) is 11.8. The minimum atomic E-state index is 0.621. The van der Waals surface area contributed by atoms with Crippen LogP contribution in [0, 0.1) is 4.77 Å². The molecule has 7 heteroatoms. The van der Waals surface area contributed by atoms with E-state index in [0.717, 1.165) is 50.7 Å². The number of piperazine rings is 1. The van der Waals surface area contributed by atoms with Crippen LogP contribution in [0.5, 0.6) is 0 Å². The molecule has 27 heavy (non-hydrogen) atoms. The summed E-state index contributed by atoms with van der Waals surface area (Å²) in [6.45, 7) is 7.19. The summed E-state index contributed by atoms with van der Waals surface area (Å²) in [7, 11) is 0. The molecule has 0 unspecified atom stereocenters. The Labute approximate surface area is 164 Å². The Kier molecular flexibility index (Phi) is 5.31. The van der Waals surface area contributed by atoms with Crippen LogP contribution in [-0.2, 0) is 13.1 Å². The number of nitrogens with one attached hydrogen (secondary N) is 3. The van der Waals surface area contributed by atoms with E-state index in [1.54, 1.807) is 0 Å². The molecule has 1 aromatic carbocycles. The van der Waals surface area contributed by atoms with Gasteiger partial charge in [-0.05, 0) is 30.3 Å². The standard InChI is InChI=1S/C20H24N6S/c1-2-16-6-8-17(9-7-16)19-22-20(27)26(23-19)15-24-11-13-25(14-12-24)18-5-3-4-10-21-18/h3-10H,2,11-15H2,1H3,(H,22,23,27)/p+2. The highest BCUT2D eigenvalue weighted by Gasteiger charge is 2.26. The third kappa shape index (κ3) is 4.09. The molecular weight excluding hydrogens is 356 g/mol. The molecule has 0 spiro atoms. The van der Waals surface area contributed by atoms with E-state index in [0.29, 0.717) is 4.77 Å². The topological polar surface area (TPSA) is 55.4 Å². The SMILES string of the molecule is CCc1ccc(-c2nc(=S)n(C[NH+]3CCN(c4cccc[nH+]4)CC3)[nH]2)cc1. The Morgan fingerprint density at radius 2 is 1.93 bits per heavy atom. The molecule has 2 aromatic heterocycles. The molecule has 140 valence electrons. The van der Waals surface area contributed by atoms with Crippen molar-refractivity contribution in [2.75, 3.05) is 31.1 Å². The van der Waals surface area contributed by atoms with Gasteiger partial charge >= 0.3 is 0 Å². The van der Waals surface area contributed by atoms with Crippen molar-refractivity contribution in [3.8, 4) is 11.4 Å². The van der Waals surface area contributed by atoms with Gasteiger partial charge in [-0.3, -0.25) is 10.00 Å². The van der Waals surface area contributed by atoms with Gasteiger partial charge in [-0.2, -0.15) is 4.98 Å². The van der Waals surface area contributed by atoms with Gasteiger partial charge in [0.05, 0.1) is 6.20 Å². The van der Waals surface area contributed by atoms with E-state index in [1.807, 2.05) is 16.9 Å². The number of aryl methyl sites for hydroxylation is 1. The third-order valence-corrected chi connectivity index (χ3v) is 5.51. The number of rotatable bonds is 5. The number of H-pyrrole nitrogens is 2. The first-order valence-corrected chi connectivity index (χ1v) is 9.95. The molecule has 3 heterocycles. The van der Waals surface area contributed by atoms with E-state index in [2.05, 4.69) is 63.3 Å². The zero-order chi connectivity index (χ0) is 18.6. The van der Waals surface area contributed by atoms with Crippen LogP contribution in [0.3, 0.4) is 0 Å². The van der Waals surface area contributed by atoms with E-state index in [1.165, 1.54) is 16.3 Å². The van der Waals surface area contributed by atoms with E-state index in [4.69, 9.17) is 12.2 Å². The summed E-state index contributed by atoms with van der Waals surface area (Å²) < 4.78 is 2.62. The van der Waals surface area contributed by atoms with Crippen molar-refractivity contribution in [2.45, 2.75) is 20.0 Å². The molecule has 3 N–H and O–H groups in total. The van der Waals surface area contributed by atoms with E-state index < -0.39 is 0 Å². The lowest BCUT2D eigenvalue weighted by molar-refractivity contribution is -0.924. The van der Waals surface area contributed by atoms with E-state index in [9.17, 15) is 0 Å². The number of nitrogens with zero attached hydrogens (tertiary/aromatic N) is 3. The summed E-state index contributed by atoms with van der Waals surface area (Å²) in [5, 5.41) is 3.39. The normalized spacial score (nSPS) is 15.2. The summed E-state index contributed by atoms with van der Waals surface area (Å²) in [6, 6.07) is 14.7. The smallest absolute Gasteiger partial charge is 0.274 e. The Morgan fingerprint density at radius 3 is 2.59 bits per heavy atom. The number of hydrogen-bond acceptors (Lipinski definition) is 3. The van der Waals surface area contributed by atoms with Crippen LogP contribution in [0.4, 0.5) is 5.82 Å². The molecule has 1 aliphatic rings. The number of benzene rings is 1. The third-order valence-electron chi connectivity index (χ3n) is 5.20. The second-order valence-corrected chi connectivity index (χ2v) is 7.34. The van der Waals surface area contributed by atoms with Crippen molar-refractivity contribution in [3.63, 3.8) is 0 Å². The molecule has 1 aliphatic heterocycles. The van der Waals surface area contributed by atoms with Crippen molar-refractivity contribution in [2.24, 2.45) is 0 Å². The summed E-state index contributed by atoms with van der Waals surface area (Å²) in [5.41, 5.74) is 2.41. The van der Waals surface area contributed by atoms with Crippen LogP contribution in [0.15, 0.2) is 48.7 Å². The summed E-state index contributed by atoms with van der Waals surface area (Å²) >= 11 is 5.48. The fourth-order valence-electron chi connectivity index (χ4n) is 3.52. The Hall–Kier alpha value is -2.51. The van der Waals surface area contributed by atoms with Crippen LogP contribution < -0.4 is 14.8 Å². The minimum absolute atomic E-state index is 0.621. The Morgan fingerprint density at radius 1 is 1.15 bits per heavy atom. The fraction of sp³-hybridized carbons (Fsp3) is 0.350. The van der Waals surface area contributed by atoms with Gasteiger partial charge in [0.2, 0.25) is 4.77 Å². The maximum Gasteiger partial charge on any atom is 0.274 e. The van der Waals surface area contributed by atoms with Crippen molar-refractivity contribution in [1.82, 2.24) is 14.8 Å². The van der Waals surface area contributed by atoms with Gasteiger partial charge in [0.1, 0.15) is 26.2 Å². The van der Waals surface area contributed by atoms with Crippen molar-refractivity contribution in [3.05, 3.63) is 59.0 Å². The number of aromatic amines is 2. The predicted octanol–water partition coefficient (Wildman–Crippen LogP) is 1.35. The lowest BCUT2D eigenvalue weighted by Gasteiger charge is -2.28. The van der Waals surface area contributed by atoms with Crippen molar-refractivity contribution < 1.29 is 9.88 Å². The van der Waals surface area contributed by atoms with Gasteiger partial charge in [-0.1, -0.05) is 37.3 Å². The van der Waals surface area contributed by atoms with Gasteiger partial charge in [-0.15, -0.1) is 0 Å². The first-order valence-electron chi connectivity index (χ1n) is 9.54. The van der Waals surface area contributed by atoms with Crippen LogP contribution in [0.1, 0.15) is 12.5 Å². The van der Waals surface area contributed by atoms with Crippen LogP contribution in [0.2, 0.25) is 0 Å². The monoisotopic (exact) mass is 382 g/mol. The number of anilines is 1. The molecular formula is C20H26N6S+2. The van der Waals surface area contributed by atoms with Gasteiger partial charge < -0.3 is 4.90 Å². The maximum absolute atomic E-state index is 5.48. The molecule has 4 rings (SSSR count). The maximum atomic E-state index is 5.48. The molecule has 6 nitrogen and oxygen atoms in total. The highest BCUT2D eigenvalue weighted by Crippen LogP contribution is 2.15. The average Bonchev–Trinajstić information content (AvgIpc) is 3.09. The second-order valence-electron chi connectivity index (χ2n) is 6.98. The van der Waals surface area contributed by atoms with Gasteiger partial charge in [0.15, 0.2) is 12.5 Å². The first kappa shape index (κ1) is 17.9. The van der Waals surface area contributed by atoms with Crippen LogP contribution in [0.25, 0.3) is 11.4 Å². The summed E-state index contributed by atoms with van der Waals surface area (Å²) in [6.07, 6.45) is 3.02. The van der Waals surface area contributed by atoms with Gasteiger partial charge in [0.25, 0.3) is 5.82 Å².